The molecule has 0 aliphatic heterocycles. The van der Waals surface area contributed by atoms with Gasteiger partial charge in [0.2, 0.25) is 0 Å². The van der Waals surface area contributed by atoms with E-state index in [0.29, 0.717) is 5.92 Å². The van der Waals surface area contributed by atoms with E-state index in [-0.39, 0.29) is 0 Å². The van der Waals surface area contributed by atoms with Crippen LogP contribution in [-0.4, -0.2) is 33.7 Å². The molecule has 0 aromatic heterocycles. The van der Waals surface area contributed by atoms with Gasteiger partial charge >= 0.3 is 0 Å². The zero-order chi connectivity index (χ0) is 15.3. The van der Waals surface area contributed by atoms with Gasteiger partial charge in [-0.25, -0.2) is 0 Å². The molecule has 0 radical (unpaired) electrons. The molecule has 0 spiro atoms. The minimum atomic E-state index is -0.443. The number of hydrogen-bond donors (Lipinski definition) is 0. The van der Waals surface area contributed by atoms with Gasteiger partial charge in [-0.3, -0.25) is 0 Å². The van der Waals surface area contributed by atoms with Crippen LogP contribution < -0.4 is 0 Å². The third-order valence-corrected chi connectivity index (χ3v) is 4.38. The molecule has 0 aliphatic carbocycles. The Morgan fingerprint density at radius 3 is 1.90 bits per heavy atom. The summed E-state index contributed by atoms with van der Waals surface area (Å²) in [6.45, 7) is 5.16. The van der Waals surface area contributed by atoms with E-state index >= 15 is 0 Å². The summed E-state index contributed by atoms with van der Waals surface area (Å²) in [6.07, 6.45) is 11.0. The van der Waals surface area contributed by atoms with E-state index in [0.717, 1.165) is 25.9 Å². The van der Waals surface area contributed by atoms with E-state index in [2.05, 4.69) is 13.8 Å². The molecule has 0 rings (SSSR count). The second-order valence-corrected chi connectivity index (χ2v) is 5.61. The molecule has 3 nitrogen and oxygen atoms in total. The molecule has 1 unspecified atom stereocenters. The van der Waals surface area contributed by atoms with Crippen molar-refractivity contribution in [3.8, 4) is 0 Å². The number of hydrogen-bond acceptors (Lipinski definition) is 3. The van der Waals surface area contributed by atoms with Gasteiger partial charge in [0, 0.05) is 33.9 Å². The first kappa shape index (κ1) is 19.9. The van der Waals surface area contributed by atoms with Crippen molar-refractivity contribution in [2.45, 2.75) is 77.4 Å². The summed E-state index contributed by atoms with van der Waals surface area (Å²) in [6, 6.07) is 0. The van der Waals surface area contributed by atoms with Crippen molar-refractivity contribution >= 4 is 0 Å². The summed E-state index contributed by atoms with van der Waals surface area (Å²) in [5.41, 5.74) is 0. The fourth-order valence-corrected chi connectivity index (χ4v) is 3.01. The second-order valence-electron chi connectivity index (χ2n) is 5.61. The van der Waals surface area contributed by atoms with Gasteiger partial charge in [0.25, 0.3) is 0 Å². The molecule has 0 saturated heterocycles. The number of unbranched alkanes of at least 4 members (excludes halogenated alkanes) is 5. The highest BCUT2D eigenvalue weighted by Gasteiger charge is 2.36. The topological polar surface area (TPSA) is 27.7 Å². The minimum absolute atomic E-state index is 0.411. The van der Waals surface area contributed by atoms with Crippen LogP contribution in [0.15, 0.2) is 0 Å². The van der Waals surface area contributed by atoms with Crippen LogP contribution in [0, 0.1) is 5.92 Å². The highest BCUT2D eigenvalue weighted by Crippen LogP contribution is 2.33. The molecule has 3 heteroatoms. The normalized spacial score (nSPS) is 13.7. The van der Waals surface area contributed by atoms with E-state index in [4.69, 9.17) is 14.2 Å². The average molecular weight is 288 g/mol. The molecule has 0 bridgehead atoms. The number of ether oxygens (including phenoxy) is 3. The fraction of sp³-hybridized carbons (Fsp3) is 1.00. The minimum Gasteiger partial charge on any atom is -0.385 e. The quantitative estimate of drug-likeness (QED) is 0.340. The second kappa shape index (κ2) is 12.6. The Balaban J connectivity index is 4.25. The van der Waals surface area contributed by atoms with Crippen LogP contribution in [-0.2, 0) is 14.2 Å². The van der Waals surface area contributed by atoms with Crippen LogP contribution in [0.4, 0.5) is 0 Å². The molecule has 0 aromatic rings. The standard InChI is InChI=1S/C17H36O3/c1-6-8-9-10-11-12-13-16(14-15-18-3)17(7-2,19-4)20-5/h16H,6-15H2,1-5H3. The SMILES string of the molecule is CCCCCCCCC(CCOC)C(CC)(OC)OC. The summed E-state index contributed by atoms with van der Waals surface area (Å²) in [5, 5.41) is 0. The van der Waals surface area contributed by atoms with Gasteiger partial charge in [0.05, 0.1) is 0 Å². The molecule has 0 fully saturated rings. The average Bonchev–Trinajstić information content (AvgIpc) is 2.49. The van der Waals surface area contributed by atoms with E-state index in [9.17, 15) is 0 Å². The monoisotopic (exact) mass is 288 g/mol. The van der Waals surface area contributed by atoms with E-state index < -0.39 is 5.79 Å². The Kier molecular flexibility index (Phi) is 12.5. The van der Waals surface area contributed by atoms with Crippen LogP contribution >= 0.6 is 0 Å². The lowest BCUT2D eigenvalue weighted by Crippen LogP contribution is -2.42. The van der Waals surface area contributed by atoms with Crippen LogP contribution in [0.1, 0.15) is 71.6 Å². The molecule has 20 heavy (non-hydrogen) atoms. The molecular weight excluding hydrogens is 252 g/mol. The first-order valence-corrected chi connectivity index (χ1v) is 8.29. The van der Waals surface area contributed by atoms with Gasteiger partial charge in [-0.15, -0.1) is 0 Å². The third kappa shape index (κ3) is 7.05. The Morgan fingerprint density at radius 1 is 0.800 bits per heavy atom. The summed E-state index contributed by atoms with van der Waals surface area (Å²) in [4.78, 5) is 0. The van der Waals surface area contributed by atoms with Crippen molar-refractivity contribution in [1.82, 2.24) is 0 Å². The Hall–Kier alpha value is -0.120. The predicted molar refractivity (Wildman–Crippen MR) is 85.0 cm³/mol. The summed E-state index contributed by atoms with van der Waals surface area (Å²) in [7, 11) is 5.27. The Labute approximate surface area is 126 Å². The van der Waals surface area contributed by atoms with Crippen LogP contribution in [0.5, 0.6) is 0 Å². The molecule has 0 aliphatic rings. The van der Waals surface area contributed by atoms with Crippen LogP contribution in [0.25, 0.3) is 0 Å². The Morgan fingerprint density at radius 2 is 1.40 bits per heavy atom. The number of rotatable bonds is 14. The summed E-state index contributed by atoms with van der Waals surface area (Å²) in [5.74, 6) is -0.0317. The fourth-order valence-electron chi connectivity index (χ4n) is 3.01. The van der Waals surface area contributed by atoms with Gasteiger partial charge < -0.3 is 14.2 Å². The highest BCUT2D eigenvalue weighted by atomic mass is 16.7. The molecule has 0 heterocycles. The van der Waals surface area contributed by atoms with Gasteiger partial charge in [0.1, 0.15) is 0 Å². The smallest absolute Gasteiger partial charge is 0.170 e. The van der Waals surface area contributed by atoms with Crippen molar-refractivity contribution in [3.05, 3.63) is 0 Å². The molecule has 0 N–H and O–H groups in total. The lowest BCUT2D eigenvalue weighted by molar-refractivity contribution is -0.245. The summed E-state index contributed by atoms with van der Waals surface area (Å²) < 4.78 is 16.7. The zero-order valence-electron chi connectivity index (χ0n) is 14.4. The molecule has 0 aromatic carbocycles. The van der Waals surface area contributed by atoms with Crippen LogP contribution in [0.2, 0.25) is 0 Å². The van der Waals surface area contributed by atoms with Crippen molar-refractivity contribution in [3.63, 3.8) is 0 Å². The van der Waals surface area contributed by atoms with E-state index in [1.54, 1.807) is 21.3 Å². The zero-order valence-corrected chi connectivity index (χ0v) is 14.4. The van der Waals surface area contributed by atoms with E-state index in [1.165, 1.54) is 38.5 Å². The van der Waals surface area contributed by atoms with Crippen molar-refractivity contribution < 1.29 is 14.2 Å². The van der Waals surface area contributed by atoms with Crippen molar-refractivity contribution in [2.75, 3.05) is 27.9 Å². The highest BCUT2D eigenvalue weighted by molar-refractivity contribution is 4.78. The maximum absolute atomic E-state index is 5.71. The predicted octanol–water partition coefficient (Wildman–Crippen LogP) is 4.79. The number of methoxy groups -OCH3 is 3. The Bertz CT molecular complexity index is 194. The molecule has 0 saturated carbocycles. The van der Waals surface area contributed by atoms with E-state index in [1.807, 2.05) is 0 Å². The van der Waals surface area contributed by atoms with Gasteiger partial charge in [-0.2, -0.15) is 0 Å². The largest absolute Gasteiger partial charge is 0.385 e. The van der Waals surface area contributed by atoms with Gasteiger partial charge in [0.15, 0.2) is 5.79 Å². The van der Waals surface area contributed by atoms with Gasteiger partial charge in [-0.1, -0.05) is 52.4 Å². The first-order chi connectivity index (χ1) is 9.70. The first-order valence-electron chi connectivity index (χ1n) is 8.29. The maximum atomic E-state index is 5.71. The molecule has 1 atom stereocenters. The lowest BCUT2D eigenvalue weighted by Gasteiger charge is -2.38. The third-order valence-electron chi connectivity index (χ3n) is 4.38. The molecule has 122 valence electrons. The van der Waals surface area contributed by atoms with Crippen LogP contribution in [0.3, 0.4) is 0 Å². The molecular formula is C17H36O3. The molecule has 0 amide bonds. The lowest BCUT2D eigenvalue weighted by atomic mass is 9.87. The summed E-state index contributed by atoms with van der Waals surface area (Å²) >= 11 is 0. The van der Waals surface area contributed by atoms with Crippen molar-refractivity contribution in [2.24, 2.45) is 5.92 Å². The van der Waals surface area contributed by atoms with Crippen molar-refractivity contribution in [1.29, 1.82) is 0 Å². The maximum Gasteiger partial charge on any atom is 0.170 e. The van der Waals surface area contributed by atoms with Gasteiger partial charge in [-0.05, 0) is 19.3 Å².